The molecule has 134 valence electrons. The Hall–Kier alpha value is -2.60. The molecule has 4 atom stereocenters. The fraction of sp³-hybridized carbons (Fsp3) is 0.400. The van der Waals surface area contributed by atoms with Crippen LogP contribution in [0.4, 0.5) is 0 Å². The van der Waals surface area contributed by atoms with Crippen LogP contribution < -0.4 is 5.32 Å². The molecule has 3 aliphatic heterocycles. The molecule has 5 heterocycles. The second kappa shape index (κ2) is 5.71. The molecule has 0 saturated heterocycles. The highest BCUT2D eigenvalue weighted by Gasteiger charge is 2.46. The van der Waals surface area contributed by atoms with E-state index in [1.54, 1.807) is 6.26 Å². The molecule has 0 spiro atoms. The van der Waals surface area contributed by atoms with Crippen LogP contribution in [0.3, 0.4) is 0 Å². The quantitative estimate of drug-likeness (QED) is 0.666. The topological polar surface area (TPSA) is 65.4 Å². The van der Waals surface area contributed by atoms with Crippen LogP contribution in [0.1, 0.15) is 29.9 Å². The van der Waals surface area contributed by atoms with Crippen LogP contribution >= 0.6 is 0 Å². The molecule has 1 N–H and O–H groups in total. The molecule has 6 nitrogen and oxygen atoms in total. The van der Waals surface area contributed by atoms with E-state index in [1.165, 1.54) is 23.8 Å². The van der Waals surface area contributed by atoms with Gasteiger partial charge in [-0.05, 0) is 37.1 Å². The molecular weight excluding hydrogens is 330 g/mol. The molecule has 0 aliphatic carbocycles. The Morgan fingerprint density at radius 2 is 2.42 bits per heavy atom. The van der Waals surface area contributed by atoms with Gasteiger partial charge in [0.25, 0.3) is 0 Å². The van der Waals surface area contributed by atoms with Crippen LogP contribution in [0, 0.1) is 11.8 Å². The van der Waals surface area contributed by atoms with Gasteiger partial charge in [0.1, 0.15) is 5.65 Å². The zero-order valence-electron chi connectivity index (χ0n) is 14.6. The van der Waals surface area contributed by atoms with Crippen molar-refractivity contribution < 1.29 is 14.3 Å². The largest absolute Gasteiger partial charge is 0.477 e. The van der Waals surface area contributed by atoms with Crippen molar-refractivity contribution in [2.24, 2.45) is 11.8 Å². The lowest BCUT2D eigenvalue weighted by Crippen LogP contribution is -2.33. The second-order valence-electron chi connectivity index (χ2n) is 7.11. The molecule has 0 radical (unpaired) electrons. The number of rotatable bonds is 2. The summed E-state index contributed by atoms with van der Waals surface area (Å²) in [4.78, 5) is 17.0. The van der Waals surface area contributed by atoms with E-state index >= 15 is 0 Å². The zero-order valence-corrected chi connectivity index (χ0v) is 14.6. The summed E-state index contributed by atoms with van der Waals surface area (Å²) in [6, 6.07) is 4.28. The molecule has 3 aliphatic rings. The predicted molar refractivity (Wildman–Crippen MR) is 96.2 cm³/mol. The van der Waals surface area contributed by atoms with E-state index in [0.29, 0.717) is 5.57 Å². The normalized spacial score (nSPS) is 29.2. The van der Waals surface area contributed by atoms with Gasteiger partial charge in [-0.15, -0.1) is 6.58 Å². The summed E-state index contributed by atoms with van der Waals surface area (Å²) in [6.07, 6.45) is 6.83. The minimum absolute atomic E-state index is 0.000752. The first-order valence-electron chi connectivity index (χ1n) is 9.02. The summed E-state index contributed by atoms with van der Waals surface area (Å²) in [5.74, 6) is -0.352. The minimum Gasteiger partial charge on any atom is -0.477 e. The Bertz CT molecular complexity index is 945. The molecule has 0 amide bonds. The maximum Gasteiger partial charge on any atom is 0.337 e. The van der Waals surface area contributed by atoms with Crippen molar-refractivity contribution in [1.29, 1.82) is 0 Å². The molecule has 2 aromatic rings. The van der Waals surface area contributed by atoms with E-state index in [4.69, 9.17) is 9.47 Å². The van der Waals surface area contributed by atoms with Gasteiger partial charge in [-0.1, -0.05) is 6.08 Å². The van der Waals surface area contributed by atoms with Crippen molar-refractivity contribution in [2.45, 2.75) is 25.1 Å². The smallest absolute Gasteiger partial charge is 0.337 e. The highest BCUT2D eigenvalue weighted by molar-refractivity contribution is 5.89. The number of ether oxygens (including phenoxy) is 2. The number of esters is 1. The molecule has 2 aromatic heterocycles. The maximum absolute atomic E-state index is 12.3. The molecule has 0 fully saturated rings. The van der Waals surface area contributed by atoms with Crippen molar-refractivity contribution in [3.8, 4) is 0 Å². The van der Waals surface area contributed by atoms with Gasteiger partial charge in [-0.2, -0.15) is 0 Å². The summed E-state index contributed by atoms with van der Waals surface area (Å²) >= 11 is 0. The fourth-order valence-corrected chi connectivity index (χ4v) is 4.88. The van der Waals surface area contributed by atoms with Gasteiger partial charge >= 0.3 is 5.97 Å². The molecule has 26 heavy (non-hydrogen) atoms. The molecule has 0 saturated carbocycles. The van der Waals surface area contributed by atoms with Crippen LogP contribution in [-0.4, -0.2) is 29.2 Å². The lowest BCUT2D eigenvalue weighted by molar-refractivity contribution is -0.138. The highest BCUT2D eigenvalue weighted by atomic mass is 16.5. The first-order chi connectivity index (χ1) is 12.7. The van der Waals surface area contributed by atoms with Crippen LogP contribution in [0.5, 0.6) is 0 Å². The van der Waals surface area contributed by atoms with Gasteiger partial charge < -0.3 is 14.8 Å². The van der Waals surface area contributed by atoms with Crippen LogP contribution in [0.25, 0.3) is 11.0 Å². The number of aromatic nitrogens is 2. The Morgan fingerprint density at radius 1 is 1.54 bits per heavy atom. The predicted octanol–water partition coefficient (Wildman–Crippen LogP) is 2.63. The number of carbonyl (C=O) groups is 1. The molecule has 2 bridgehead atoms. The van der Waals surface area contributed by atoms with Crippen LogP contribution in [0.2, 0.25) is 0 Å². The summed E-state index contributed by atoms with van der Waals surface area (Å²) < 4.78 is 13.3. The zero-order chi connectivity index (χ0) is 17.8. The maximum atomic E-state index is 12.3. The SMILES string of the molecule is C=C[C@@H]1[C@@H]2C[C@@H]3NCCc4c3n(c3ncccc43)[C@H]1OC=C2C(=O)OC. The van der Waals surface area contributed by atoms with E-state index in [-0.39, 0.29) is 30.1 Å². The minimum atomic E-state index is -0.328. The highest BCUT2D eigenvalue weighted by Crippen LogP contribution is 2.49. The number of nitrogens with one attached hydrogen (secondary N) is 1. The van der Waals surface area contributed by atoms with Gasteiger partial charge in [0.15, 0.2) is 6.23 Å². The number of methoxy groups -OCH3 is 1. The fourth-order valence-electron chi connectivity index (χ4n) is 4.88. The first kappa shape index (κ1) is 15.6. The second-order valence-corrected chi connectivity index (χ2v) is 7.11. The first-order valence-corrected chi connectivity index (χ1v) is 9.02. The number of pyridine rings is 1. The van der Waals surface area contributed by atoms with Crippen LogP contribution in [0.15, 0.2) is 42.8 Å². The third-order valence-corrected chi connectivity index (χ3v) is 5.97. The summed E-state index contributed by atoms with van der Waals surface area (Å²) in [5, 5.41) is 4.83. The summed E-state index contributed by atoms with van der Waals surface area (Å²) in [5.41, 5.74) is 4.11. The lowest BCUT2D eigenvalue weighted by Gasteiger charge is -2.35. The van der Waals surface area contributed by atoms with Gasteiger partial charge in [-0.25, -0.2) is 9.78 Å². The Morgan fingerprint density at radius 3 is 3.23 bits per heavy atom. The van der Waals surface area contributed by atoms with Gasteiger partial charge in [-0.3, -0.25) is 4.57 Å². The standard InChI is InChI=1S/C20H21N3O3/c1-3-11-14-9-16-17-12(6-8-21-16)13-5-4-7-22-18(13)23(17)19(11)26-10-15(14)20(24)25-2/h3-5,7,10-11,14,16,19,21H,1,6,8-9H2,2H3/t11-,14+,16+,19+/m1/s1. The van der Waals surface area contributed by atoms with E-state index in [9.17, 15) is 4.79 Å². The van der Waals surface area contributed by atoms with Crippen molar-refractivity contribution in [3.63, 3.8) is 0 Å². The number of carbonyl (C=O) groups excluding carboxylic acids is 1. The molecule has 6 heteroatoms. The molecular formula is C20H21N3O3. The molecule has 0 aromatic carbocycles. The number of hydrogen-bond acceptors (Lipinski definition) is 5. The van der Waals surface area contributed by atoms with Crippen molar-refractivity contribution in [1.82, 2.24) is 14.9 Å². The van der Waals surface area contributed by atoms with E-state index in [0.717, 1.165) is 25.0 Å². The van der Waals surface area contributed by atoms with Gasteiger partial charge in [0.05, 0.1) is 18.9 Å². The Labute approximate surface area is 151 Å². The van der Waals surface area contributed by atoms with Crippen molar-refractivity contribution in [3.05, 3.63) is 54.1 Å². The van der Waals surface area contributed by atoms with Gasteiger partial charge in [0.2, 0.25) is 0 Å². The number of nitrogens with zero attached hydrogens (tertiary/aromatic N) is 2. The Kier molecular flexibility index (Phi) is 3.43. The summed E-state index contributed by atoms with van der Waals surface area (Å²) in [7, 11) is 1.41. The molecule has 5 rings (SSSR count). The average Bonchev–Trinajstić information content (AvgIpc) is 2.98. The van der Waals surface area contributed by atoms with Crippen molar-refractivity contribution in [2.75, 3.05) is 13.7 Å². The van der Waals surface area contributed by atoms with E-state index in [2.05, 4.69) is 27.5 Å². The van der Waals surface area contributed by atoms with Crippen molar-refractivity contribution >= 4 is 17.0 Å². The van der Waals surface area contributed by atoms with Gasteiger partial charge in [0, 0.05) is 35.2 Å². The molecule has 0 unspecified atom stereocenters. The third kappa shape index (κ3) is 1.96. The Balaban J connectivity index is 1.77. The average molecular weight is 351 g/mol. The van der Waals surface area contributed by atoms with E-state index in [1.807, 2.05) is 18.3 Å². The number of fused-ring (bicyclic) bond motifs is 6. The third-order valence-electron chi connectivity index (χ3n) is 5.97. The lowest BCUT2D eigenvalue weighted by atomic mass is 9.79. The van der Waals surface area contributed by atoms with E-state index < -0.39 is 0 Å². The number of hydrogen-bond donors (Lipinski definition) is 1. The summed E-state index contributed by atoms with van der Waals surface area (Å²) in [6.45, 7) is 4.96. The monoisotopic (exact) mass is 351 g/mol. The van der Waals surface area contributed by atoms with Crippen LogP contribution in [-0.2, 0) is 20.7 Å².